The Morgan fingerprint density at radius 3 is 1.26 bits per heavy atom. The number of aromatic nitrogens is 3. The van der Waals surface area contributed by atoms with Crippen molar-refractivity contribution >= 4 is 93.0 Å². The van der Waals surface area contributed by atoms with Gasteiger partial charge < -0.3 is 60.3 Å². The number of fused-ring (bicyclic) bond motifs is 3. The van der Waals surface area contributed by atoms with E-state index in [1.54, 1.807) is 80.1 Å². The highest BCUT2D eigenvalue weighted by molar-refractivity contribution is 7.14. The van der Waals surface area contributed by atoms with Crippen molar-refractivity contribution < 1.29 is 62.9 Å². The molecule has 6 aliphatic rings. The van der Waals surface area contributed by atoms with Gasteiger partial charge >= 0.3 is 0 Å². The Morgan fingerprint density at radius 2 is 0.862 bits per heavy atom. The lowest BCUT2D eigenvalue weighted by Crippen LogP contribution is -2.55. The highest BCUT2D eigenvalue weighted by atomic mass is 32.1. The van der Waals surface area contributed by atoms with Crippen LogP contribution >= 0.6 is 34.0 Å². The van der Waals surface area contributed by atoms with Crippen LogP contribution in [0, 0.1) is 50.4 Å². The number of nitrogens with zero attached hydrogens (tertiary/aromatic N) is 9. The third-order valence-electron chi connectivity index (χ3n) is 23.5. The second-order valence-corrected chi connectivity index (χ2v) is 35.9. The molecule has 0 unspecified atom stereocenters. The number of carbonyl (C=O) groups is 10. The minimum atomic E-state index is -0.893. The number of aliphatic hydroxyl groups is 2. The van der Waals surface area contributed by atoms with Gasteiger partial charge in [0.25, 0.3) is 17.7 Å². The first-order valence-electron chi connectivity index (χ1n) is 41.9. The number of Topliss-reactive ketones (excluding diaryl/α,β-unsaturated/α-hetero) is 1. The van der Waals surface area contributed by atoms with Gasteiger partial charge in [0.15, 0.2) is 5.78 Å². The van der Waals surface area contributed by atoms with Crippen LogP contribution in [0.25, 0.3) is 31.3 Å². The number of amides is 9. The van der Waals surface area contributed by atoms with Crippen LogP contribution in [0.2, 0.25) is 0 Å². The zero-order valence-electron chi connectivity index (χ0n) is 71.2. The number of ketones is 1. The fourth-order valence-corrected chi connectivity index (χ4v) is 19.5. The Bertz CT molecular complexity index is 5480. The molecule has 0 bridgehead atoms. The average molecular weight is 1720 g/mol. The van der Waals surface area contributed by atoms with Crippen LogP contribution in [-0.4, -0.2) is 195 Å². The topological polar surface area (TPSA) is 315 Å². The predicted molar refractivity (Wildman–Crippen MR) is 472 cm³/mol. The van der Waals surface area contributed by atoms with Gasteiger partial charge in [-0.1, -0.05) is 170 Å². The number of β-amino-alcohol motifs (C(OH)–C–C–N with tert-alkyl or cyclic N) is 2. The Hall–Kier alpha value is -11.5. The predicted octanol–water partition coefficient (Wildman–Crippen LogP) is 11.7. The molecule has 3 saturated heterocycles. The fourth-order valence-electron chi connectivity index (χ4n) is 17.1. The van der Waals surface area contributed by atoms with Crippen molar-refractivity contribution in [3.05, 3.63) is 228 Å². The Morgan fingerprint density at radius 1 is 0.480 bits per heavy atom. The maximum absolute atomic E-state index is 14.0. The van der Waals surface area contributed by atoms with Gasteiger partial charge in [0.2, 0.25) is 35.4 Å². The Balaban J connectivity index is 0.000000159. The monoisotopic (exact) mass is 1720 g/mol. The highest BCUT2D eigenvalue weighted by Crippen LogP contribution is 2.37. The summed E-state index contributed by atoms with van der Waals surface area (Å²) in [5.41, 5.74) is 20.8. The van der Waals surface area contributed by atoms with Crippen LogP contribution in [0.15, 0.2) is 150 Å². The van der Waals surface area contributed by atoms with E-state index in [1.165, 1.54) is 20.3 Å². The molecule has 3 aromatic heterocycles. The van der Waals surface area contributed by atoms with Crippen LogP contribution in [-0.2, 0) is 84.0 Å². The van der Waals surface area contributed by atoms with Crippen molar-refractivity contribution in [1.29, 1.82) is 0 Å². The van der Waals surface area contributed by atoms with Crippen molar-refractivity contribution in [2.75, 3.05) is 33.4 Å². The number of carbonyl (C=O) groups excluding carboxylic acids is 10. The smallest absolute Gasteiger partial charge is 0.255 e. The molecular weight excluding hydrogens is 1610 g/mol. The molecule has 0 spiro atoms. The van der Waals surface area contributed by atoms with Crippen molar-refractivity contribution in [1.82, 2.24) is 60.3 Å². The van der Waals surface area contributed by atoms with Gasteiger partial charge in [0, 0.05) is 101 Å². The van der Waals surface area contributed by atoms with Crippen molar-refractivity contribution in [3.63, 3.8) is 0 Å². The lowest BCUT2D eigenvalue weighted by atomic mass is 10.0. The van der Waals surface area contributed by atoms with Gasteiger partial charge in [-0.3, -0.25) is 47.9 Å². The van der Waals surface area contributed by atoms with E-state index < -0.39 is 48.5 Å². The average Bonchev–Trinajstić information content (AvgIpc) is 1.63. The van der Waals surface area contributed by atoms with E-state index >= 15 is 0 Å². The quantitative estimate of drug-likeness (QED) is 0.0332. The highest BCUT2D eigenvalue weighted by Gasteiger charge is 2.50. The molecule has 6 aliphatic heterocycles. The number of hydrogen-bond donors (Lipinski definition) is 5. The van der Waals surface area contributed by atoms with E-state index in [0.717, 1.165) is 107 Å². The number of likely N-dealkylation sites (tertiary alicyclic amines) is 3. The van der Waals surface area contributed by atoms with Gasteiger partial charge in [0.1, 0.15) is 42.9 Å². The van der Waals surface area contributed by atoms with Gasteiger partial charge in [-0.2, -0.15) is 0 Å². The first-order chi connectivity index (χ1) is 59.1. The molecule has 9 heterocycles. The van der Waals surface area contributed by atoms with Gasteiger partial charge in [-0.25, -0.2) is 15.0 Å². The molecule has 6 aromatic carbocycles. The molecule has 28 heteroatoms. The number of benzene rings is 6. The maximum atomic E-state index is 14.0. The molecule has 8 atom stereocenters. The molecule has 15 rings (SSSR count). The third kappa shape index (κ3) is 20.3. The Kier molecular flexibility index (Phi) is 28.9. The molecule has 0 aliphatic carbocycles. The van der Waals surface area contributed by atoms with E-state index in [4.69, 9.17) is 4.74 Å². The van der Waals surface area contributed by atoms with Crippen LogP contribution in [0.3, 0.4) is 0 Å². The lowest BCUT2D eigenvalue weighted by molar-refractivity contribution is -0.143. The van der Waals surface area contributed by atoms with Crippen molar-refractivity contribution in [2.24, 2.45) is 17.8 Å². The molecule has 5 N–H and O–H groups in total. The number of hydrogen-bond acceptors (Lipinski definition) is 19. The normalized spacial score (nSPS) is 18.4. The zero-order valence-corrected chi connectivity index (χ0v) is 73.7. The largest absolute Gasteiger partial charge is 0.391 e. The van der Waals surface area contributed by atoms with Gasteiger partial charge in [-0.05, 0) is 137 Å². The van der Waals surface area contributed by atoms with Crippen LogP contribution in [0.4, 0.5) is 0 Å². The van der Waals surface area contributed by atoms with Crippen LogP contribution < -0.4 is 16.0 Å². The second kappa shape index (κ2) is 39.8. The summed E-state index contributed by atoms with van der Waals surface area (Å²) in [7, 11) is 1.58. The number of nitrogens with one attached hydrogen (secondary N) is 3. The van der Waals surface area contributed by atoms with E-state index in [-0.39, 0.29) is 129 Å². The summed E-state index contributed by atoms with van der Waals surface area (Å²) in [6.45, 7) is 21.6. The summed E-state index contributed by atoms with van der Waals surface area (Å²) in [6, 6.07) is 37.7. The second-order valence-electron chi connectivity index (χ2n) is 33.3. The first-order valence-corrected chi connectivity index (χ1v) is 44.6. The maximum Gasteiger partial charge on any atom is 0.255 e. The SMILES string of the molecule is CCCCc1ccc2c(c1)CN([C@H](C(=O)N1C[C@H](O)C[C@H]1C(=O)NCc1ccc(-c3scnc3C)cc1)C(C)C)C2=O.COCC#Cc1ccc2c(c1)CN([C@H](C(=O)N1C[C@H](O)C[C@H]1C(=O)NCc1ccc(-c3scnc3C)cc1)C(C)C)C2=O.Cc1ncsc1-c1ccc(CNC(=O)[C@@H]2CC(=O)CN2C(=O)[C@H](C(C)C)N2Cc3ccccc3C2=O)cc1. The number of methoxy groups -OCH3 is 1. The van der Waals surface area contributed by atoms with E-state index in [1.807, 2.05) is 182 Å². The zero-order chi connectivity index (χ0) is 87.6. The van der Waals surface area contributed by atoms with Crippen LogP contribution in [0.5, 0.6) is 0 Å². The van der Waals surface area contributed by atoms with Crippen molar-refractivity contribution in [3.8, 4) is 43.2 Å². The summed E-state index contributed by atoms with van der Waals surface area (Å²) in [5.74, 6) is 2.63. The molecule has 25 nitrogen and oxygen atoms in total. The minimum absolute atomic E-state index is 0.0276. The van der Waals surface area contributed by atoms with E-state index in [9.17, 15) is 58.2 Å². The van der Waals surface area contributed by atoms with E-state index in [2.05, 4.69) is 55.7 Å². The first kappa shape index (κ1) is 89.3. The number of unbranched alkanes of at least 4 members (excludes halogenated alkanes) is 1. The molecule has 642 valence electrons. The number of aliphatic hydroxyl groups excluding tert-OH is 2. The fraction of sp³-hybridized carbons (Fsp3) is 0.400. The summed E-state index contributed by atoms with van der Waals surface area (Å²) in [4.78, 5) is 160. The summed E-state index contributed by atoms with van der Waals surface area (Å²) in [5, 5.41) is 29.8. The molecule has 3 fully saturated rings. The number of rotatable bonds is 25. The van der Waals surface area contributed by atoms with Gasteiger partial charge in [0.05, 0.1) is 67.0 Å². The summed E-state index contributed by atoms with van der Waals surface area (Å²) < 4.78 is 4.99. The molecule has 0 radical (unpaired) electrons. The van der Waals surface area contributed by atoms with E-state index in [0.29, 0.717) is 49.5 Å². The molecule has 0 saturated carbocycles. The standard InChI is InChI=1S/C33H36N4O5S.C33H40N4O4S.C29H30N4O4S/c1-20(2)29(37-17-25-14-22(6-5-13-42-4)9-12-27(25)32(37)40)33(41)36-18-26(38)15-28(36)31(39)34-16-23-7-10-24(11-8-23)30-21(3)35-19-43-30;1-5-6-7-22-10-13-27-25(14-22)17-37(32(27)40)29(20(2)3)33(41)36-18-26(38)15-28(36)31(39)34-16-23-8-11-24(12-9-23)30-21(4)35-19-42-30;1-17(2)25(33-14-21-6-4-5-7-23(21)28(33)36)29(37)32-15-22(34)12-24(32)27(35)30-13-19-8-10-20(11-9-19)26-18(3)31-16-38-26/h7-12,14,19-20,26,28-29,38H,13,15-18H2,1-4H3,(H,34,39);8-14,19-20,26,28-29,38H,5-7,15-18H2,1-4H3,(H,34,39);4-11,16-17,24-25H,12-15H2,1-3H3,(H,30,35)/t2*26-,28+,29+;24-,25-/m110/s1. The minimum Gasteiger partial charge on any atom is -0.391 e. The molecule has 9 aromatic rings. The summed E-state index contributed by atoms with van der Waals surface area (Å²) in [6.07, 6.45) is 1.80. The van der Waals surface area contributed by atoms with Crippen molar-refractivity contribution in [2.45, 2.75) is 195 Å². The molecule has 123 heavy (non-hydrogen) atoms. The number of thiazole rings is 3. The number of aryl methyl sites for hydroxylation is 4. The number of ether oxygens (including phenoxy) is 1. The third-order valence-corrected chi connectivity index (χ3v) is 26.4. The molecular formula is C95H106N12O13S3. The summed E-state index contributed by atoms with van der Waals surface area (Å²) >= 11 is 4.76. The Labute approximate surface area is 729 Å². The molecule has 9 amide bonds. The lowest BCUT2D eigenvalue weighted by Gasteiger charge is -2.35. The van der Waals surface area contributed by atoms with Gasteiger partial charge in [-0.15, -0.1) is 34.0 Å². The van der Waals surface area contributed by atoms with Crippen LogP contribution in [0.1, 0.15) is 173 Å².